The van der Waals surface area contributed by atoms with Gasteiger partial charge in [-0.15, -0.1) is 0 Å². The highest BCUT2D eigenvalue weighted by atomic mass is 35.5. The van der Waals surface area contributed by atoms with E-state index in [2.05, 4.69) is 10.3 Å². The van der Waals surface area contributed by atoms with Crippen LogP contribution in [-0.4, -0.2) is 55.9 Å². The number of hydrogen-bond donors (Lipinski definition) is 1. The van der Waals surface area contributed by atoms with Crippen LogP contribution in [0.3, 0.4) is 0 Å². The van der Waals surface area contributed by atoms with Crippen LogP contribution in [-0.2, 0) is 11.3 Å². The largest absolute Gasteiger partial charge is 0.357 e. The van der Waals surface area contributed by atoms with Gasteiger partial charge in [0, 0.05) is 45.7 Å². The standard InChI is InChI=1S/C16H25ClN4O/c1-5-18-16(19-11-10-15(22)20(2)3)21(4)12-13-8-6-7-9-14(13)17/h6-9H,5,10-12H2,1-4H3,(H,18,19). The zero-order valence-corrected chi connectivity index (χ0v) is 14.5. The molecule has 0 unspecified atom stereocenters. The molecule has 0 bridgehead atoms. The molecule has 1 rings (SSSR count). The molecule has 1 aromatic carbocycles. The fourth-order valence-electron chi connectivity index (χ4n) is 1.91. The number of hydrogen-bond acceptors (Lipinski definition) is 2. The molecule has 22 heavy (non-hydrogen) atoms. The first-order valence-corrected chi connectivity index (χ1v) is 7.76. The van der Waals surface area contributed by atoms with Gasteiger partial charge >= 0.3 is 0 Å². The first kappa shape index (κ1) is 18.3. The van der Waals surface area contributed by atoms with E-state index in [1.54, 1.807) is 19.0 Å². The summed E-state index contributed by atoms with van der Waals surface area (Å²) in [5, 5.41) is 3.98. The van der Waals surface area contributed by atoms with Gasteiger partial charge in [-0.1, -0.05) is 29.8 Å². The summed E-state index contributed by atoms with van der Waals surface area (Å²) in [4.78, 5) is 19.7. The Morgan fingerprint density at radius 2 is 1.95 bits per heavy atom. The van der Waals surface area contributed by atoms with Gasteiger partial charge in [0.25, 0.3) is 0 Å². The minimum Gasteiger partial charge on any atom is -0.357 e. The Labute approximate surface area is 138 Å². The molecule has 0 aliphatic rings. The quantitative estimate of drug-likeness (QED) is 0.645. The average Bonchev–Trinajstić information content (AvgIpc) is 2.48. The summed E-state index contributed by atoms with van der Waals surface area (Å²) in [7, 11) is 5.46. The van der Waals surface area contributed by atoms with Gasteiger partial charge < -0.3 is 15.1 Å². The molecule has 0 fully saturated rings. The van der Waals surface area contributed by atoms with Crippen LogP contribution in [0.5, 0.6) is 0 Å². The maximum Gasteiger partial charge on any atom is 0.223 e. The van der Waals surface area contributed by atoms with Crippen molar-refractivity contribution in [3.05, 3.63) is 34.9 Å². The van der Waals surface area contributed by atoms with Crippen LogP contribution < -0.4 is 5.32 Å². The summed E-state index contributed by atoms with van der Waals surface area (Å²) in [5.41, 5.74) is 1.04. The fraction of sp³-hybridized carbons (Fsp3) is 0.500. The number of halogens is 1. The monoisotopic (exact) mass is 324 g/mol. The molecule has 0 saturated heterocycles. The summed E-state index contributed by atoms with van der Waals surface area (Å²) in [6.07, 6.45) is 0.405. The summed E-state index contributed by atoms with van der Waals surface area (Å²) in [5.74, 6) is 0.849. The van der Waals surface area contributed by atoms with E-state index in [4.69, 9.17) is 11.6 Å². The van der Waals surface area contributed by atoms with Crippen LogP contribution in [0, 0.1) is 0 Å². The molecule has 0 aliphatic carbocycles. The second-order valence-electron chi connectivity index (χ2n) is 5.22. The van der Waals surface area contributed by atoms with Crippen molar-refractivity contribution < 1.29 is 4.79 Å². The van der Waals surface area contributed by atoms with E-state index in [1.807, 2.05) is 43.1 Å². The number of guanidine groups is 1. The first-order valence-electron chi connectivity index (χ1n) is 7.38. The average molecular weight is 325 g/mol. The maximum atomic E-state index is 11.6. The van der Waals surface area contributed by atoms with Gasteiger partial charge in [0.05, 0.1) is 6.54 Å². The second kappa shape index (κ2) is 9.30. The molecule has 0 atom stereocenters. The molecular formula is C16H25ClN4O. The molecule has 1 amide bonds. The number of benzene rings is 1. The van der Waals surface area contributed by atoms with Crippen molar-refractivity contribution in [2.75, 3.05) is 34.2 Å². The molecule has 0 aromatic heterocycles. The lowest BCUT2D eigenvalue weighted by Gasteiger charge is -2.22. The predicted octanol–water partition coefficient (Wildman–Crippen LogP) is 2.22. The maximum absolute atomic E-state index is 11.6. The summed E-state index contributed by atoms with van der Waals surface area (Å²) in [6, 6.07) is 7.76. The Kier molecular flexibility index (Phi) is 7.74. The smallest absolute Gasteiger partial charge is 0.223 e. The zero-order valence-electron chi connectivity index (χ0n) is 13.8. The summed E-state index contributed by atoms with van der Waals surface area (Å²) < 4.78 is 0. The molecular weight excluding hydrogens is 300 g/mol. The molecule has 6 heteroatoms. The number of carbonyl (C=O) groups excluding carboxylic acids is 1. The highest BCUT2D eigenvalue weighted by molar-refractivity contribution is 6.31. The number of nitrogens with zero attached hydrogens (tertiary/aromatic N) is 3. The van der Waals surface area contributed by atoms with E-state index in [0.717, 1.165) is 23.1 Å². The number of carbonyl (C=O) groups is 1. The Bertz CT molecular complexity index is 517. The molecule has 122 valence electrons. The lowest BCUT2D eigenvalue weighted by molar-refractivity contribution is -0.128. The Hall–Kier alpha value is -1.75. The SMILES string of the molecule is CCNC(=NCCC(=O)N(C)C)N(C)Cc1ccccc1Cl. The van der Waals surface area contributed by atoms with Crippen LogP contribution in [0.1, 0.15) is 18.9 Å². The van der Waals surface area contributed by atoms with Gasteiger partial charge in [0.15, 0.2) is 5.96 Å². The van der Waals surface area contributed by atoms with Crippen LogP contribution in [0.4, 0.5) is 0 Å². The fourth-order valence-corrected chi connectivity index (χ4v) is 2.10. The van der Waals surface area contributed by atoms with Gasteiger partial charge in [0.2, 0.25) is 5.91 Å². The minimum atomic E-state index is 0.0772. The van der Waals surface area contributed by atoms with Gasteiger partial charge in [-0.2, -0.15) is 0 Å². The van der Waals surface area contributed by atoms with Crippen molar-refractivity contribution in [1.82, 2.24) is 15.1 Å². The van der Waals surface area contributed by atoms with Gasteiger partial charge in [0.1, 0.15) is 0 Å². The molecule has 0 aliphatic heterocycles. The van der Waals surface area contributed by atoms with E-state index >= 15 is 0 Å². The zero-order chi connectivity index (χ0) is 16.5. The van der Waals surface area contributed by atoms with E-state index in [-0.39, 0.29) is 5.91 Å². The molecule has 0 saturated carbocycles. The van der Waals surface area contributed by atoms with Crippen LogP contribution in [0.2, 0.25) is 5.02 Å². The molecule has 5 nitrogen and oxygen atoms in total. The molecule has 1 N–H and O–H groups in total. The Morgan fingerprint density at radius 3 is 2.55 bits per heavy atom. The van der Waals surface area contributed by atoms with Crippen molar-refractivity contribution in [2.45, 2.75) is 19.9 Å². The van der Waals surface area contributed by atoms with Crippen molar-refractivity contribution >= 4 is 23.5 Å². The van der Waals surface area contributed by atoms with Gasteiger partial charge in [-0.25, -0.2) is 0 Å². The number of aliphatic imine (C=N–C) groups is 1. The first-order chi connectivity index (χ1) is 10.5. The number of amides is 1. The number of rotatable bonds is 6. The molecule has 0 spiro atoms. The predicted molar refractivity (Wildman–Crippen MR) is 92.2 cm³/mol. The van der Waals surface area contributed by atoms with Crippen LogP contribution >= 0.6 is 11.6 Å². The van der Waals surface area contributed by atoms with Crippen molar-refractivity contribution in [1.29, 1.82) is 0 Å². The van der Waals surface area contributed by atoms with E-state index in [0.29, 0.717) is 19.5 Å². The second-order valence-corrected chi connectivity index (χ2v) is 5.63. The third kappa shape index (κ3) is 5.93. The minimum absolute atomic E-state index is 0.0772. The summed E-state index contributed by atoms with van der Waals surface area (Å²) >= 11 is 6.19. The van der Waals surface area contributed by atoms with Gasteiger partial charge in [-0.3, -0.25) is 9.79 Å². The number of nitrogens with one attached hydrogen (secondary N) is 1. The third-order valence-electron chi connectivity index (χ3n) is 3.15. The highest BCUT2D eigenvalue weighted by Crippen LogP contribution is 2.16. The molecule has 1 aromatic rings. The highest BCUT2D eigenvalue weighted by Gasteiger charge is 2.09. The van der Waals surface area contributed by atoms with E-state index < -0.39 is 0 Å². The van der Waals surface area contributed by atoms with Gasteiger partial charge in [-0.05, 0) is 18.6 Å². The lowest BCUT2D eigenvalue weighted by Crippen LogP contribution is -2.38. The molecule has 0 radical (unpaired) electrons. The normalized spacial score (nSPS) is 11.2. The third-order valence-corrected chi connectivity index (χ3v) is 3.52. The van der Waals surface area contributed by atoms with Crippen molar-refractivity contribution in [2.24, 2.45) is 4.99 Å². The van der Waals surface area contributed by atoms with Crippen LogP contribution in [0.25, 0.3) is 0 Å². The van der Waals surface area contributed by atoms with E-state index in [9.17, 15) is 4.79 Å². The lowest BCUT2D eigenvalue weighted by atomic mass is 10.2. The topological polar surface area (TPSA) is 47.9 Å². The van der Waals surface area contributed by atoms with Crippen molar-refractivity contribution in [3.63, 3.8) is 0 Å². The van der Waals surface area contributed by atoms with Crippen LogP contribution in [0.15, 0.2) is 29.3 Å². The van der Waals surface area contributed by atoms with E-state index in [1.165, 1.54) is 0 Å². The Morgan fingerprint density at radius 1 is 1.27 bits per heavy atom. The summed E-state index contributed by atoms with van der Waals surface area (Å²) in [6.45, 7) is 3.91. The van der Waals surface area contributed by atoms with Crippen molar-refractivity contribution in [3.8, 4) is 0 Å². The molecule has 0 heterocycles. The Balaban J connectivity index is 2.68.